The van der Waals surface area contributed by atoms with Crippen molar-refractivity contribution < 1.29 is 23.2 Å². The third kappa shape index (κ3) is 16.0. The molecule has 3 aromatic rings. The zero-order chi connectivity index (χ0) is 35.5. The van der Waals surface area contributed by atoms with Crippen LogP contribution in [0.25, 0.3) is 0 Å². The molecule has 2 aromatic carbocycles. The van der Waals surface area contributed by atoms with Crippen molar-refractivity contribution in [3.63, 3.8) is 0 Å². The number of aromatic nitrogens is 3. The van der Waals surface area contributed by atoms with Crippen LogP contribution in [-0.4, -0.2) is 64.0 Å². The molecule has 3 N–H and O–H groups in total. The molecule has 0 fully saturated rings. The van der Waals surface area contributed by atoms with E-state index < -0.39 is 17.4 Å². The number of hydrogen-bond donors (Lipinski definition) is 3. The predicted molar refractivity (Wildman–Crippen MR) is 203 cm³/mol. The number of ether oxygens (including phenoxy) is 2. The first-order chi connectivity index (χ1) is 23.6. The summed E-state index contributed by atoms with van der Waals surface area (Å²) in [6.07, 6.45) is 9.35. The lowest BCUT2D eigenvalue weighted by Gasteiger charge is -2.23. The zero-order valence-electron chi connectivity index (χ0n) is 30.3. The molecule has 49 heavy (non-hydrogen) atoms. The van der Waals surface area contributed by atoms with Crippen LogP contribution in [0.5, 0.6) is 0 Å². The van der Waals surface area contributed by atoms with E-state index in [0.717, 1.165) is 63.8 Å². The number of esters is 2. The maximum Gasteiger partial charge on any atom is 0.338 e. The normalized spacial score (nSPS) is 11.9. The summed E-state index contributed by atoms with van der Waals surface area (Å²) in [6, 6.07) is 15.1. The van der Waals surface area contributed by atoms with Gasteiger partial charge in [0, 0.05) is 17.9 Å². The second-order valence-corrected chi connectivity index (χ2v) is 20.6. The first kappa shape index (κ1) is 39.6. The molecule has 1 heterocycles. The first-order valence-corrected chi connectivity index (χ1v) is 23.7. The van der Waals surface area contributed by atoms with Gasteiger partial charge in [0.05, 0.1) is 24.3 Å². The first-order valence-electron chi connectivity index (χ1n) is 17.8. The van der Waals surface area contributed by atoms with E-state index in [9.17, 15) is 9.59 Å². The van der Waals surface area contributed by atoms with E-state index in [1.54, 1.807) is 48.5 Å². The van der Waals surface area contributed by atoms with Gasteiger partial charge in [0.25, 0.3) is 0 Å². The molecule has 0 aliphatic rings. The number of carbonyl (C=O) groups excluding carboxylic acids is 2. The number of nitrogens with one attached hydrogen (secondary N) is 3. The molecule has 0 aliphatic carbocycles. The summed E-state index contributed by atoms with van der Waals surface area (Å²) in [4.78, 5) is 38.7. The lowest BCUT2D eigenvalue weighted by Crippen LogP contribution is -2.33. The van der Waals surface area contributed by atoms with E-state index in [4.69, 9.17) is 13.6 Å². The van der Waals surface area contributed by atoms with Crippen LogP contribution in [0.2, 0.25) is 32.2 Å². The summed E-state index contributed by atoms with van der Waals surface area (Å²) in [6.45, 7) is 14.8. The highest BCUT2D eigenvalue weighted by Gasteiger charge is 2.18. The van der Waals surface area contributed by atoms with Crippen molar-refractivity contribution in [2.24, 2.45) is 0 Å². The second-order valence-electron chi connectivity index (χ2n) is 13.2. The molecular formula is C36H56N6O5Si2. The highest BCUT2D eigenvalue weighted by molar-refractivity contribution is 6.77. The summed E-state index contributed by atoms with van der Waals surface area (Å²) in [5.74, 6) is 0.422. The highest BCUT2D eigenvalue weighted by Crippen LogP contribution is 2.21. The van der Waals surface area contributed by atoms with Gasteiger partial charge in [-0.1, -0.05) is 52.4 Å². The van der Waals surface area contributed by atoms with Crippen LogP contribution in [-0.2, 0) is 13.6 Å². The van der Waals surface area contributed by atoms with Gasteiger partial charge in [-0.05, 0) is 100 Å². The fraction of sp³-hybridized carbons (Fsp3) is 0.528. The average molecular weight is 709 g/mol. The van der Waals surface area contributed by atoms with Crippen molar-refractivity contribution in [1.29, 1.82) is 0 Å². The summed E-state index contributed by atoms with van der Waals surface area (Å²) in [7, 11) is -2.77. The third-order valence-corrected chi connectivity index (χ3v) is 13.1. The largest absolute Gasteiger partial charge is 0.462 e. The van der Waals surface area contributed by atoms with Crippen molar-refractivity contribution in [3.8, 4) is 0 Å². The molecule has 11 nitrogen and oxygen atoms in total. The van der Waals surface area contributed by atoms with Gasteiger partial charge in [-0.25, -0.2) is 9.59 Å². The molecule has 0 aliphatic heterocycles. The van der Waals surface area contributed by atoms with Crippen LogP contribution >= 0.6 is 0 Å². The molecule has 0 radical (unpaired) electrons. The SMILES string of the molecule is CCCCCCOC(=O)c1ccc(Nc2nc(NCCC[SiH](C)O[Si](C)(C)C)nc(Nc3ccc(C(=O)OCCCCCC)cc3)n2)cc1. The minimum atomic E-state index is -1.53. The smallest absolute Gasteiger partial charge is 0.338 e. The Hall–Kier alpha value is -3.82. The van der Waals surface area contributed by atoms with Crippen LogP contribution in [0.3, 0.4) is 0 Å². The van der Waals surface area contributed by atoms with E-state index in [1.165, 1.54) is 0 Å². The van der Waals surface area contributed by atoms with Crippen molar-refractivity contribution in [3.05, 3.63) is 59.7 Å². The van der Waals surface area contributed by atoms with Gasteiger partial charge in [0.15, 0.2) is 17.4 Å². The fourth-order valence-electron chi connectivity index (χ4n) is 5.01. The number of rotatable bonds is 23. The fourth-order valence-corrected chi connectivity index (χ4v) is 11.1. The number of unbranched alkanes of at least 4 members (excludes halogenated alkanes) is 6. The molecule has 1 aromatic heterocycles. The minimum absolute atomic E-state index is 0.333. The Labute approximate surface area is 295 Å². The molecule has 13 heteroatoms. The second kappa shape index (κ2) is 21.3. The maximum absolute atomic E-state index is 12.5. The molecule has 268 valence electrons. The minimum Gasteiger partial charge on any atom is -0.462 e. The molecule has 3 rings (SSSR count). The molecule has 0 saturated carbocycles. The third-order valence-electron chi connectivity index (χ3n) is 7.48. The van der Waals surface area contributed by atoms with Gasteiger partial charge >= 0.3 is 11.9 Å². The van der Waals surface area contributed by atoms with Gasteiger partial charge in [-0.15, -0.1) is 0 Å². The van der Waals surface area contributed by atoms with E-state index in [2.05, 4.69) is 70.9 Å². The summed E-state index contributed by atoms with van der Waals surface area (Å²) < 4.78 is 17.1. The lowest BCUT2D eigenvalue weighted by atomic mass is 10.2. The summed E-state index contributed by atoms with van der Waals surface area (Å²) in [5.41, 5.74) is 2.40. The Balaban J connectivity index is 1.67. The summed E-state index contributed by atoms with van der Waals surface area (Å²) in [5, 5.41) is 9.80. The number of hydrogen-bond acceptors (Lipinski definition) is 11. The van der Waals surface area contributed by atoms with Crippen molar-refractivity contribution in [2.75, 3.05) is 35.7 Å². The van der Waals surface area contributed by atoms with Crippen LogP contribution in [0.1, 0.15) is 92.4 Å². The maximum atomic E-state index is 12.5. The Bertz CT molecular complexity index is 1330. The molecule has 0 bridgehead atoms. The number of nitrogens with zero attached hydrogens (tertiary/aromatic N) is 3. The number of benzene rings is 2. The Morgan fingerprint density at radius 3 is 1.53 bits per heavy atom. The molecular weight excluding hydrogens is 653 g/mol. The number of anilines is 5. The van der Waals surface area contributed by atoms with E-state index in [-0.39, 0.29) is 11.9 Å². The van der Waals surface area contributed by atoms with Gasteiger partial charge in [0.2, 0.25) is 17.8 Å². The molecule has 0 amide bonds. The molecule has 1 atom stereocenters. The van der Waals surface area contributed by atoms with Crippen LogP contribution < -0.4 is 16.0 Å². The van der Waals surface area contributed by atoms with E-state index in [1.807, 2.05) is 0 Å². The zero-order valence-corrected chi connectivity index (χ0v) is 32.4. The van der Waals surface area contributed by atoms with E-state index in [0.29, 0.717) is 60.1 Å². The molecule has 0 spiro atoms. The predicted octanol–water partition coefficient (Wildman–Crippen LogP) is 8.84. The van der Waals surface area contributed by atoms with Gasteiger partial charge in [0.1, 0.15) is 0 Å². The van der Waals surface area contributed by atoms with Crippen LogP contribution in [0.4, 0.5) is 29.2 Å². The quantitative estimate of drug-likeness (QED) is 0.0495. The van der Waals surface area contributed by atoms with Crippen LogP contribution in [0, 0.1) is 0 Å². The Kier molecular flexibility index (Phi) is 17.2. The van der Waals surface area contributed by atoms with Crippen molar-refractivity contribution in [1.82, 2.24) is 15.0 Å². The van der Waals surface area contributed by atoms with Crippen LogP contribution in [0.15, 0.2) is 48.5 Å². The van der Waals surface area contributed by atoms with Crippen molar-refractivity contribution >= 4 is 58.5 Å². The average Bonchev–Trinajstić information content (AvgIpc) is 3.06. The van der Waals surface area contributed by atoms with Gasteiger partial charge in [-0.3, -0.25) is 0 Å². The lowest BCUT2D eigenvalue weighted by molar-refractivity contribution is 0.0488. The Morgan fingerprint density at radius 2 is 1.10 bits per heavy atom. The molecule has 1 unspecified atom stereocenters. The van der Waals surface area contributed by atoms with Gasteiger partial charge < -0.3 is 29.5 Å². The standard InChI is InChI=1S/C36H56N6O5Si2/c1-7-9-11-13-25-45-32(43)28-16-20-30(21-17-28)38-35-40-34(37-24-15-27-48(3)47-49(4,5)6)41-36(42-35)39-31-22-18-29(19-23-31)33(44)46-26-14-12-10-8-2/h16-23,48H,7-15,24-27H2,1-6H3,(H3,37,38,39,40,41,42). The highest BCUT2D eigenvalue weighted by atomic mass is 28.4. The monoisotopic (exact) mass is 708 g/mol. The molecule has 0 saturated heterocycles. The Morgan fingerprint density at radius 1 is 0.653 bits per heavy atom. The van der Waals surface area contributed by atoms with Gasteiger partial charge in [-0.2, -0.15) is 15.0 Å². The topological polar surface area (TPSA) is 137 Å². The number of carbonyl (C=O) groups is 2. The van der Waals surface area contributed by atoms with Crippen molar-refractivity contribution in [2.45, 2.75) is 104 Å². The summed E-state index contributed by atoms with van der Waals surface area (Å²) >= 11 is 0. The van der Waals surface area contributed by atoms with E-state index >= 15 is 0 Å².